The summed E-state index contributed by atoms with van der Waals surface area (Å²) in [5, 5.41) is 9.07. The maximum Gasteiger partial charge on any atom is 0.224 e. The number of hydrogen-bond donors (Lipinski definition) is 0. The number of rotatable bonds is 2. The van der Waals surface area contributed by atoms with Crippen molar-refractivity contribution in [3.05, 3.63) is 45.8 Å². The van der Waals surface area contributed by atoms with E-state index in [1.165, 1.54) is 0 Å². The van der Waals surface area contributed by atoms with Crippen molar-refractivity contribution in [3.8, 4) is 6.07 Å². The molecule has 6 heteroatoms. The Kier molecular flexibility index (Phi) is 3.80. The second kappa shape index (κ2) is 5.34. The summed E-state index contributed by atoms with van der Waals surface area (Å²) < 4.78 is 0.733. The molecule has 0 unspecified atom stereocenters. The molecule has 0 saturated carbocycles. The zero-order valence-corrected chi connectivity index (χ0v) is 11.8. The third kappa shape index (κ3) is 2.61. The number of nitrogens with zero attached hydrogens (tertiary/aromatic N) is 4. The van der Waals surface area contributed by atoms with Gasteiger partial charge in [0.25, 0.3) is 0 Å². The average molecular weight is 324 g/mol. The lowest BCUT2D eigenvalue weighted by atomic mass is 10.2. The van der Waals surface area contributed by atoms with Crippen LogP contribution in [0.3, 0.4) is 0 Å². The molecule has 0 aliphatic rings. The van der Waals surface area contributed by atoms with E-state index in [0.717, 1.165) is 10.2 Å². The minimum Gasteiger partial charge on any atom is -0.328 e. The van der Waals surface area contributed by atoms with Crippen LogP contribution in [-0.4, -0.2) is 17.0 Å². The van der Waals surface area contributed by atoms with Crippen LogP contribution in [0.4, 0.5) is 11.5 Å². The van der Waals surface area contributed by atoms with Gasteiger partial charge in [-0.1, -0.05) is 6.07 Å². The molecule has 0 radical (unpaired) electrons. The van der Waals surface area contributed by atoms with Crippen molar-refractivity contribution >= 4 is 39.0 Å². The third-order valence-corrected chi connectivity index (χ3v) is 3.12. The number of benzene rings is 1. The number of hydrogen-bond acceptors (Lipinski definition) is 4. The van der Waals surface area contributed by atoms with E-state index >= 15 is 0 Å². The van der Waals surface area contributed by atoms with Gasteiger partial charge in [0, 0.05) is 18.9 Å². The van der Waals surface area contributed by atoms with Gasteiger partial charge in [-0.05, 0) is 45.7 Å². The van der Waals surface area contributed by atoms with E-state index < -0.39 is 0 Å². The van der Waals surface area contributed by atoms with E-state index in [-0.39, 0.29) is 5.28 Å². The summed E-state index contributed by atoms with van der Waals surface area (Å²) in [5.41, 5.74) is 1.44. The molecular formula is C12H8BrClN4. The Labute approximate surface area is 118 Å². The van der Waals surface area contributed by atoms with E-state index in [1.807, 2.05) is 24.1 Å². The van der Waals surface area contributed by atoms with Gasteiger partial charge in [0.15, 0.2) is 5.82 Å². The number of halogens is 2. The minimum atomic E-state index is 0.177. The van der Waals surface area contributed by atoms with Crippen LogP contribution in [0.2, 0.25) is 5.28 Å². The zero-order valence-electron chi connectivity index (χ0n) is 9.43. The SMILES string of the molecule is CN(c1cccc(C#N)c1)c1nc(Cl)ncc1Br. The average Bonchev–Trinajstić information content (AvgIpc) is 2.41. The maximum absolute atomic E-state index is 8.89. The Bertz CT molecular complexity index is 624. The Morgan fingerprint density at radius 3 is 2.94 bits per heavy atom. The highest BCUT2D eigenvalue weighted by molar-refractivity contribution is 9.10. The van der Waals surface area contributed by atoms with Crippen LogP contribution in [0.25, 0.3) is 0 Å². The summed E-state index contributed by atoms with van der Waals surface area (Å²) in [7, 11) is 1.85. The van der Waals surface area contributed by atoms with Gasteiger partial charge in [0.2, 0.25) is 5.28 Å². The van der Waals surface area contributed by atoms with E-state index in [1.54, 1.807) is 18.3 Å². The fourth-order valence-electron chi connectivity index (χ4n) is 1.48. The second-order valence-corrected chi connectivity index (χ2v) is 4.72. The molecule has 1 heterocycles. The Morgan fingerprint density at radius 2 is 2.22 bits per heavy atom. The molecule has 2 rings (SSSR count). The lowest BCUT2D eigenvalue weighted by Gasteiger charge is -2.19. The van der Waals surface area contributed by atoms with E-state index in [4.69, 9.17) is 16.9 Å². The first kappa shape index (κ1) is 12.8. The molecule has 0 fully saturated rings. The lowest BCUT2D eigenvalue weighted by Crippen LogP contribution is -2.12. The molecule has 0 N–H and O–H groups in total. The summed E-state index contributed by atoms with van der Waals surface area (Å²) in [6.45, 7) is 0. The molecule has 0 atom stereocenters. The van der Waals surface area contributed by atoms with Gasteiger partial charge < -0.3 is 4.90 Å². The third-order valence-electron chi connectivity index (χ3n) is 2.38. The van der Waals surface area contributed by atoms with Crippen molar-refractivity contribution in [2.45, 2.75) is 0 Å². The highest BCUT2D eigenvalue weighted by Gasteiger charge is 2.11. The molecule has 0 bridgehead atoms. The van der Waals surface area contributed by atoms with Gasteiger partial charge >= 0.3 is 0 Å². The summed E-state index contributed by atoms with van der Waals surface area (Å²) in [6.07, 6.45) is 1.59. The smallest absolute Gasteiger partial charge is 0.224 e. The molecule has 2 aromatic rings. The molecule has 0 spiro atoms. The predicted molar refractivity (Wildman–Crippen MR) is 74.0 cm³/mol. The fourth-order valence-corrected chi connectivity index (χ4v) is 2.06. The first-order chi connectivity index (χ1) is 8.61. The number of anilines is 2. The topological polar surface area (TPSA) is 52.8 Å². The summed E-state index contributed by atoms with van der Waals surface area (Å²) >= 11 is 9.16. The molecule has 0 saturated heterocycles. The molecule has 1 aromatic carbocycles. The summed E-state index contributed by atoms with van der Waals surface area (Å²) in [5.74, 6) is 0.644. The largest absolute Gasteiger partial charge is 0.328 e. The van der Waals surface area contributed by atoms with Crippen molar-refractivity contribution in [1.82, 2.24) is 9.97 Å². The number of aromatic nitrogens is 2. The van der Waals surface area contributed by atoms with E-state index in [2.05, 4.69) is 32.0 Å². The van der Waals surface area contributed by atoms with Gasteiger partial charge in [-0.3, -0.25) is 0 Å². The first-order valence-corrected chi connectivity index (χ1v) is 6.21. The molecule has 0 amide bonds. The van der Waals surface area contributed by atoms with Crippen molar-refractivity contribution in [2.75, 3.05) is 11.9 Å². The summed E-state index contributed by atoms with van der Waals surface area (Å²) in [4.78, 5) is 9.86. The predicted octanol–water partition coefficient (Wildman–Crippen LogP) is 3.53. The monoisotopic (exact) mass is 322 g/mol. The highest BCUT2D eigenvalue weighted by atomic mass is 79.9. The van der Waals surface area contributed by atoms with Crippen LogP contribution in [0.5, 0.6) is 0 Å². The van der Waals surface area contributed by atoms with Gasteiger partial charge in [-0.15, -0.1) is 0 Å². The van der Waals surface area contributed by atoms with Crippen LogP contribution in [-0.2, 0) is 0 Å². The minimum absolute atomic E-state index is 0.177. The molecule has 4 nitrogen and oxygen atoms in total. The Hall–Kier alpha value is -1.64. The van der Waals surface area contributed by atoms with Gasteiger partial charge in [0.05, 0.1) is 16.1 Å². The molecule has 0 aliphatic carbocycles. The van der Waals surface area contributed by atoms with Gasteiger partial charge in [0.1, 0.15) is 0 Å². The zero-order chi connectivity index (χ0) is 13.1. The second-order valence-electron chi connectivity index (χ2n) is 3.53. The molecule has 1 aromatic heterocycles. The van der Waals surface area contributed by atoms with Gasteiger partial charge in [-0.2, -0.15) is 10.2 Å². The normalized spacial score (nSPS) is 9.89. The quantitative estimate of drug-likeness (QED) is 0.793. The van der Waals surface area contributed by atoms with Crippen LogP contribution in [0.1, 0.15) is 5.56 Å². The Morgan fingerprint density at radius 1 is 1.44 bits per heavy atom. The van der Waals surface area contributed by atoms with Crippen LogP contribution in [0.15, 0.2) is 34.9 Å². The maximum atomic E-state index is 8.89. The Balaban J connectivity index is 2.44. The van der Waals surface area contributed by atoms with E-state index in [9.17, 15) is 0 Å². The van der Waals surface area contributed by atoms with E-state index in [0.29, 0.717) is 11.4 Å². The van der Waals surface area contributed by atoms with Crippen LogP contribution in [0, 0.1) is 11.3 Å². The van der Waals surface area contributed by atoms with Crippen LogP contribution < -0.4 is 4.90 Å². The van der Waals surface area contributed by atoms with Crippen molar-refractivity contribution < 1.29 is 0 Å². The first-order valence-electron chi connectivity index (χ1n) is 5.04. The van der Waals surface area contributed by atoms with Crippen molar-refractivity contribution in [2.24, 2.45) is 0 Å². The molecule has 90 valence electrons. The molecular weight excluding hydrogens is 316 g/mol. The highest BCUT2D eigenvalue weighted by Crippen LogP contribution is 2.29. The van der Waals surface area contributed by atoms with Crippen molar-refractivity contribution in [3.63, 3.8) is 0 Å². The fraction of sp³-hybridized carbons (Fsp3) is 0.0833. The summed E-state index contributed by atoms with van der Waals surface area (Å²) in [6, 6.07) is 9.34. The van der Waals surface area contributed by atoms with Gasteiger partial charge in [-0.25, -0.2) is 4.98 Å². The van der Waals surface area contributed by atoms with Crippen molar-refractivity contribution in [1.29, 1.82) is 5.26 Å². The lowest BCUT2D eigenvalue weighted by molar-refractivity contribution is 1.07. The number of nitriles is 1. The molecule has 0 aliphatic heterocycles. The molecule has 18 heavy (non-hydrogen) atoms. The van der Waals surface area contributed by atoms with Crippen LogP contribution >= 0.6 is 27.5 Å². The standard InChI is InChI=1S/C12H8BrClN4/c1-18(9-4-2-3-8(5-9)6-15)11-10(13)7-16-12(14)17-11/h2-5,7H,1H3.